The molecule has 0 aliphatic heterocycles. The summed E-state index contributed by atoms with van der Waals surface area (Å²) in [6.45, 7) is 4.54. The van der Waals surface area contributed by atoms with E-state index in [-0.39, 0.29) is 0 Å². The van der Waals surface area contributed by atoms with Gasteiger partial charge in [-0.05, 0) is 38.5 Å². The van der Waals surface area contributed by atoms with Crippen molar-refractivity contribution in [1.82, 2.24) is 0 Å². The van der Waals surface area contributed by atoms with Crippen LogP contribution in [0.3, 0.4) is 0 Å². The van der Waals surface area contributed by atoms with Crippen LogP contribution >= 0.6 is 0 Å². The Balaban J connectivity index is 3.13. The van der Waals surface area contributed by atoms with Crippen LogP contribution in [-0.4, -0.2) is 0 Å². The SMILES string of the molecule is CCCCCC/C=C\CC/C=C\CCCCCC. The fourth-order valence-corrected chi connectivity index (χ4v) is 2.04. The smallest absolute Gasteiger partial charge is 0.0316 e. The summed E-state index contributed by atoms with van der Waals surface area (Å²) < 4.78 is 0. The maximum Gasteiger partial charge on any atom is -0.0316 e. The van der Waals surface area contributed by atoms with E-state index in [0.29, 0.717) is 0 Å². The van der Waals surface area contributed by atoms with Crippen LogP contribution in [0.15, 0.2) is 24.3 Å². The van der Waals surface area contributed by atoms with Gasteiger partial charge in [0.15, 0.2) is 0 Å². The van der Waals surface area contributed by atoms with E-state index in [1.165, 1.54) is 77.0 Å². The van der Waals surface area contributed by atoms with Crippen molar-refractivity contribution in [1.29, 1.82) is 0 Å². The third-order valence-electron chi connectivity index (χ3n) is 3.28. The molecule has 0 spiro atoms. The van der Waals surface area contributed by atoms with Gasteiger partial charge in [0.05, 0.1) is 0 Å². The van der Waals surface area contributed by atoms with E-state index < -0.39 is 0 Å². The van der Waals surface area contributed by atoms with Crippen molar-refractivity contribution in [3.8, 4) is 0 Å². The van der Waals surface area contributed by atoms with Gasteiger partial charge in [-0.3, -0.25) is 0 Å². The molecule has 0 saturated carbocycles. The lowest BCUT2D eigenvalue weighted by Gasteiger charge is -1.95. The third kappa shape index (κ3) is 15.5. The molecule has 0 unspecified atom stereocenters. The van der Waals surface area contributed by atoms with Crippen molar-refractivity contribution < 1.29 is 0 Å². The molecule has 18 heavy (non-hydrogen) atoms. The Bertz CT molecular complexity index is 166. The molecule has 0 N–H and O–H groups in total. The van der Waals surface area contributed by atoms with Crippen LogP contribution in [0.2, 0.25) is 0 Å². The molecule has 0 aliphatic carbocycles. The van der Waals surface area contributed by atoms with Crippen LogP contribution in [0.5, 0.6) is 0 Å². The molecule has 0 aromatic carbocycles. The van der Waals surface area contributed by atoms with Gasteiger partial charge in [0.2, 0.25) is 0 Å². The Hall–Kier alpha value is -0.520. The second kappa shape index (κ2) is 16.5. The Morgan fingerprint density at radius 3 is 1.22 bits per heavy atom. The lowest BCUT2D eigenvalue weighted by molar-refractivity contribution is 0.673. The number of hydrogen-bond donors (Lipinski definition) is 0. The Morgan fingerprint density at radius 1 is 0.444 bits per heavy atom. The maximum absolute atomic E-state index is 2.37. The third-order valence-corrected chi connectivity index (χ3v) is 3.28. The number of hydrogen-bond acceptors (Lipinski definition) is 0. The predicted octanol–water partition coefficient (Wildman–Crippen LogP) is 6.82. The average Bonchev–Trinajstić information content (AvgIpc) is 2.39. The van der Waals surface area contributed by atoms with E-state index in [0.717, 1.165) is 0 Å². The van der Waals surface area contributed by atoms with Crippen LogP contribution in [0.4, 0.5) is 0 Å². The van der Waals surface area contributed by atoms with Crippen LogP contribution in [0, 0.1) is 0 Å². The molecule has 0 aromatic rings. The van der Waals surface area contributed by atoms with Crippen molar-refractivity contribution in [2.24, 2.45) is 0 Å². The number of rotatable bonds is 13. The van der Waals surface area contributed by atoms with Crippen molar-refractivity contribution >= 4 is 0 Å². The normalized spacial score (nSPS) is 11.9. The fourth-order valence-electron chi connectivity index (χ4n) is 2.04. The summed E-state index contributed by atoms with van der Waals surface area (Å²) in [7, 11) is 0. The molecule has 0 aliphatic rings. The number of unbranched alkanes of at least 4 members (excludes halogenated alkanes) is 9. The van der Waals surface area contributed by atoms with E-state index in [1.54, 1.807) is 0 Å². The number of allylic oxidation sites excluding steroid dienone is 4. The van der Waals surface area contributed by atoms with Gasteiger partial charge in [0.25, 0.3) is 0 Å². The van der Waals surface area contributed by atoms with E-state index in [4.69, 9.17) is 0 Å². The first-order valence-electron chi connectivity index (χ1n) is 8.21. The molecule has 0 nitrogen and oxygen atoms in total. The van der Waals surface area contributed by atoms with E-state index in [9.17, 15) is 0 Å². The van der Waals surface area contributed by atoms with Crippen molar-refractivity contribution in [3.05, 3.63) is 24.3 Å². The zero-order chi connectivity index (χ0) is 13.3. The van der Waals surface area contributed by atoms with Gasteiger partial charge in [0, 0.05) is 0 Å². The summed E-state index contributed by atoms with van der Waals surface area (Å²) in [5.41, 5.74) is 0. The van der Waals surface area contributed by atoms with Gasteiger partial charge in [-0.25, -0.2) is 0 Å². The first-order valence-corrected chi connectivity index (χ1v) is 8.21. The molecule has 0 heterocycles. The highest BCUT2D eigenvalue weighted by Crippen LogP contribution is 2.05. The van der Waals surface area contributed by atoms with E-state index >= 15 is 0 Å². The zero-order valence-corrected chi connectivity index (χ0v) is 12.8. The highest BCUT2D eigenvalue weighted by Gasteiger charge is 1.85. The van der Waals surface area contributed by atoms with Gasteiger partial charge in [0.1, 0.15) is 0 Å². The predicted molar refractivity (Wildman–Crippen MR) is 85.0 cm³/mol. The van der Waals surface area contributed by atoms with Crippen molar-refractivity contribution in [3.63, 3.8) is 0 Å². The summed E-state index contributed by atoms with van der Waals surface area (Å²) in [5.74, 6) is 0. The molecule has 0 bridgehead atoms. The minimum Gasteiger partial charge on any atom is -0.0885 e. The Morgan fingerprint density at radius 2 is 0.833 bits per heavy atom. The Kier molecular flexibility index (Phi) is 16.0. The molecule has 0 fully saturated rings. The summed E-state index contributed by atoms with van der Waals surface area (Å²) >= 11 is 0. The highest BCUT2D eigenvalue weighted by molar-refractivity contribution is 4.88. The fraction of sp³-hybridized carbons (Fsp3) is 0.778. The molecule has 106 valence electrons. The summed E-state index contributed by atoms with van der Waals surface area (Å²) in [6, 6.07) is 0. The van der Waals surface area contributed by atoms with Crippen LogP contribution < -0.4 is 0 Å². The quantitative estimate of drug-likeness (QED) is 0.248. The Labute approximate surface area is 116 Å². The molecular formula is C18H34. The molecule has 0 heteroatoms. The van der Waals surface area contributed by atoms with Crippen LogP contribution in [0.25, 0.3) is 0 Å². The lowest BCUT2D eigenvalue weighted by atomic mass is 10.1. The monoisotopic (exact) mass is 250 g/mol. The minimum absolute atomic E-state index is 1.22. The van der Waals surface area contributed by atoms with E-state index in [2.05, 4.69) is 38.2 Å². The van der Waals surface area contributed by atoms with Gasteiger partial charge >= 0.3 is 0 Å². The first-order chi connectivity index (χ1) is 8.91. The second-order valence-corrected chi connectivity index (χ2v) is 5.22. The van der Waals surface area contributed by atoms with Crippen LogP contribution in [0.1, 0.15) is 90.9 Å². The van der Waals surface area contributed by atoms with Crippen molar-refractivity contribution in [2.75, 3.05) is 0 Å². The summed E-state index contributed by atoms with van der Waals surface area (Å²) in [5, 5.41) is 0. The summed E-state index contributed by atoms with van der Waals surface area (Å²) in [4.78, 5) is 0. The largest absolute Gasteiger partial charge is 0.0885 e. The molecule has 0 rings (SSSR count). The first kappa shape index (κ1) is 17.5. The van der Waals surface area contributed by atoms with Gasteiger partial charge in [-0.2, -0.15) is 0 Å². The van der Waals surface area contributed by atoms with E-state index in [1.807, 2.05) is 0 Å². The maximum atomic E-state index is 2.37. The molecule has 0 atom stereocenters. The van der Waals surface area contributed by atoms with Gasteiger partial charge in [-0.15, -0.1) is 0 Å². The minimum atomic E-state index is 1.22. The average molecular weight is 250 g/mol. The van der Waals surface area contributed by atoms with Crippen molar-refractivity contribution in [2.45, 2.75) is 90.9 Å². The highest BCUT2D eigenvalue weighted by atomic mass is 13.9. The molecule has 0 amide bonds. The van der Waals surface area contributed by atoms with Gasteiger partial charge in [-0.1, -0.05) is 76.7 Å². The summed E-state index contributed by atoms with van der Waals surface area (Å²) in [6.07, 6.45) is 25.5. The molecule has 0 radical (unpaired) electrons. The molecule has 0 saturated heterocycles. The zero-order valence-electron chi connectivity index (χ0n) is 12.8. The second-order valence-electron chi connectivity index (χ2n) is 5.22. The standard InChI is InChI=1S/C18H34/c1-3-5-7-9-11-13-15-17-18-16-14-12-10-8-6-4-2/h13-16H,3-12,17-18H2,1-2H3/b15-13-,16-14-. The molecule has 0 aromatic heterocycles. The van der Waals surface area contributed by atoms with Crippen LogP contribution in [-0.2, 0) is 0 Å². The molecular weight excluding hydrogens is 216 g/mol. The van der Waals surface area contributed by atoms with Gasteiger partial charge < -0.3 is 0 Å². The lowest BCUT2D eigenvalue weighted by Crippen LogP contribution is -1.74. The topological polar surface area (TPSA) is 0 Å².